The van der Waals surface area contributed by atoms with Crippen molar-refractivity contribution in [3.8, 4) is 0 Å². The second-order valence-corrected chi connectivity index (χ2v) is 5.93. The Hall–Kier alpha value is 0.230. The van der Waals surface area contributed by atoms with Gasteiger partial charge in [-0.15, -0.1) is 0 Å². The maximum absolute atomic E-state index is 6.00. The Balaban J connectivity index is 2.72. The number of hydrogen-bond acceptors (Lipinski definition) is 4. The normalized spacial score (nSPS) is 33.6. The SMILES string of the molecule is COCC(C)N(C)C1(CN)CCSC1C. The van der Waals surface area contributed by atoms with E-state index in [1.165, 1.54) is 12.2 Å². The molecule has 3 unspecified atom stereocenters. The predicted octanol–water partition coefficient (Wildman–Crippen LogP) is 1.18. The molecule has 0 aliphatic carbocycles. The molecular weight excluding hydrogens is 208 g/mol. The van der Waals surface area contributed by atoms with Crippen LogP contribution in [-0.4, -0.2) is 54.8 Å². The van der Waals surface area contributed by atoms with Crippen LogP contribution in [-0.2, 0) is 4.74 Å². The van der Waals surface area contributed by atoms with Crippen LogP contribution in [0.3, 0.4) is 0 Å². The van der Waals surface area contributed by atoms with E-state index < -0.39 is 0 Å². The molecule has 15 heavy (non-hydrogen) atoms. The van der Waals surface area contributed by atoms with Crippen molar-refractivity contribution in [2.24, 2.45) is 5.73 Å². The van der Waals surface area contributed by atoms with Crippen molar-refractivity contribution in [1.82, 2.24) is 4.90 Å². The number of nitrogens with two attached hydrogens (primary N) is 1. The monoisotopic (exact) mass is 232 g/mol. The van der Waals surface area contributed by atoms with E-state index in [0.29, 0.717) is 11.3 Å². The van der Waals surface area contributed by atoms with Gasteiger partial charge in [-0.3, -0.25) is 4.90 Å². The van der Waals surface area contributed by atoms with Gasteiger partial charge in [-0.2, -0.15) is 11.8 Å². The fraction of sp³-hybridized carbons (Fsp3) is 1.00. The van der Waals surface area contributed by atoms with Gasteiger partial charge >= 0.3 is 0 Å². The molecule has 0 amide bonds. The standard InChI is InChI=1S/C11H24N2OS/c1-9(7-14-4)13(3)11(8-12)5-6-15-10(11)2/h9-10H,5-8,12H2,1-4H3. The smallest absolute Gasteiger partial charge is 0.0615 e. The van der Waals surface area contributed by atoms with Gasteiger partial charge in [0.2, 0.25) is 0 Å². The molecule has 2 N–H and O–H groups in total. The minimum Gasteiger partial charge on any atom is -0.383 e. The molecule has 1 heterocycles. The van der Waals surface area contributed by atoms with Gasteiger partial charge in [-0.1, -0.05) is 6.92 Å². The highest BCUT2D eigenvalue weighted by atomic mass is 32.2. The summed E-state index contributed by atoms with van der Waals surface area (Å²) in [5.41, 5.74) is 6.17. The van der Waals surface area contributed by atoms with E-state index in [9.17, 15) is 0 Å². The molecule has 0 spiro atoms. The van der Waals surface area contributed by atoms with E-state index in [-0.39, 0.29) is 5.54 Å². The Bertz CT molecular complexity index is 203. The van der Waals surface area contributed by atoms with Crippen molar-refractivity contribution in [3.63, 3.8) is 0 Å². The van der Waals surface area contributed by atoms with E-state index in [1.807, 2.05) is 11.8 Å². The van der Waals surface area contributed by atoms with Crippen LogP contribution in [0.5, 0.6) is 0 Å². The predicted molar refractivity (Wildman–Crippen MR) is 67.4 cm³/mol. The Morgan fingerprint density at radius 2 is 2.33 bits per heavy atom. The summed E-state index contributed by atoms with van der Waals surface area (Å²) in [6.45, 7) is 6.01. The van der Waals surface area contributed by atoms with Crippen molar-refractivity contribution < 1.29 is 4.74 Å². The number of methoxy groups -OCH3 is 1. The summed E-state index contributed by atoms with van der Waals surface area (Å²) in [6, 6.07) is 0.430. The summed E-state index contributed by atoms with van der Waals surface area (Å²) in [5, 5.41) is 0.617. The Morgan fingerprint density at radius 3 is 2.73 bits per heavy atom. The van der Waals surface area contributed by atoms with Crippen LogP contribution in [0.15, 0.2) is 0 Å². The van der Waals surface area contributed by atoms with Gasteiger partial charge in [0.05, 0.1) is 6.61 Å². The fourth-order valence-electron chi connectivity index (χ4n) is 2.44. The van der Waals surface area contributed by atoms with E-state index in [1.54, 1.807) is 7.11 Å². The van der Waals surface area contributed by atoms with Crippen molar-refractivity contribution in [1.29, 1.82) is 0 Å². The molecule has 90 valence electrons. The number of nitrogens with zero attached hydrogens (tertiary/aromatic N) is 1. The molecule has 4 heteroatoms. The van der Waals surface area contributed by atoms with Crippen molar-refractivity contribution >= 4 is 11.8 Å². The first-order chi connectivity index (χ1) is 7.08. The number of thioether (sulfide) groups is 1. The molecule has 1 rings (SSSR count). The largest absolute Gasteiger partial charge is 0.383 e. The molecule has 0 bridgehead atoms. The van der Waals surface area contributed by atoms with Gasteiger partial charge in [0.15, 0.2) is 0 Å². The summed E-state index contributed by atoms with van der Waals surface area (Å²) >= 11 is 2.03. The first-order valence-electron chi connectivity index (χ1n) is 5.62. The van der Waals surface area contributed by atoms with Crippen LogP contribution in [0.2, 0.25) is 0 Å². The van der Waals surface area contributed by atoms with E-state index >= 15 is 0 Å². The van der Waals surface area contributed by atoms with Crippen LogP contribution in [0.25, 0.3) is 0 Å². The van der Waals surface area contributed by atoms with Crippen LogP contribution in [0, 0.1) is 0 Å². The van der Waals surface area contributed by atoms with Crippen molar-refractivity contribution in [2.45, 2.75) is 37.1 Å². The average molecular weight is 232 g/mol. The molecule has 0 aromatic rings. The van der Waals surface area contributed by atoms with Gasteiger partial charge in [-0.25, -0.2) is 0 Å². The lowest BCUT2D eigenvalue weighted by Gasteiger charge is -2.44. The average Bonchev–Trinajstić information content (AvgIpc) is 2.60. The second-order valence-electron chi connectivity index (χ2n) is 4.49. The number of ether oxygens (including phenoxy) is 1. The third kappa shape index (κ3) is 2.49. The summed E-state index contributed by atoms with van der Waals surface area (Å²) in [5.74, 6) is 1.22. The van der Waals surface area contributed by atoms with Crippen molar-refractivity contribution in [3.05, 3.63) is 0 Å². The second kappa shape index (κ2) is 5.53. The maximum Gasteiger partial charge on any atom is 0.0615 e. The number of rotatable bonds is 5. The highest BCUT2D eigenvalue weighted by molar-refractivity contribution is 8.00. The van der Waals surface area contributed by atoms with Gasteiger partial charge < -0.3 is 10.5 Å². The quantitative estimate of drug-likeness (QED) is 0.772. The van der Waals surface area contributed by atoms with Gasteiger partial charge in [0.25, 0.3) is 0 Å². The number of hydrogen-bond donors (Lipinski definition) is 1. The third-order valence-electron chi connectivity index (χ3n) is 3.78. The molecule has 0 saturated carbocycles. The van der Waals surface area contributed by atoms with E-state index in [4.69, 9.17) is 10.5 Å². The Morgan fingerprint density at radius 1 is 1.67 bits per heavy atom. The lowest BCUT2D eigenvalue weighted by Crippen LogP contribution is -2.59. The molecule has 0 aromatic carbocycles. The molecule has 0 aromatic heterocycles. The Kier molecular flexibility index (Phi) is 4.90. The molecule has 1 saturated heterocycles. The lowest BCUT2D eigenvalue weighted by molar-refractivity contribution is 0.0403. The highest BCUT2D eigenvalue weighted by Gasteiger charge is 2.44. The fourth-order valence-corrected chi connectivity index (χ4v) is 3.95. The summed E-state index contributed by atoms with van der Waals surface area (Å²) < 4.78 is 5.22. The summed E-state index contributed by atoms with van der Waals surface area (Å²) in [7, 11) is 3.94. The first kappa shape index (κ1) is 13.3. The Labute approximate surface area is 97.7 Å². The molecule has 3 nitrogen and oxygen atoms in total. The first-order valence-corrected chi connectivity index (χ1v) is 6.67. The number of likely N-dealkylation sites (N-methyl/N-ethyl adjacent to an activating group) is 1. The van der Waals surface area contributed by atoms with Crippen LogP contribution in [0.1, 0.15) is 20.3 Å². The topological polar surface area (TPSA) is 38.5 Å². The molecule has 3 atom stereocenters. The molecule has 0 radical (unpaired) electrons. The lowest BCUT2D eigenvalue weighted by atomic mass is 9.90. The zero-order chi connectivity index (χ0) is 11.5. The highest BCUT2D eigenvalue weighted by Crippen LogP contribution is 2.39. The molecular formula is C11H24N2OS. The summed E-state index contributed by atoms with van der Waals surface area (Å²) in [4.78, 5) is 2.42. The summed E-state index contributed by atoms with van der Waals surface area (Å²) in [6.07, 6.45) is 1.19. The maximum atomic E-state index is 6.00. The van der Waals surface area contributed by atoms with E-state index in [0.717, 1.165) is 13.2 Å². The molecule has 1 aliphatic heterocycles. The van der Waals surface area contributed by atoms with Crippen LogP contribution in [0.4, 0.5) is 0 Å². The molecule has 1 fully saturated rings. The van der Waals surface area contributed by atoms with Gasteiger partial charge in [0, 0.05) is 30.5 Å². The minimum atomic E-state index is 0.169. The van der Waals surface area contributed by atoms with Crippen LogP contribution < -0.4 is 5.73 Å². The zero-order valence-electron chi connectivity index (χ0n) is 10.3. The van der Waals surface area contributed by atoms with Gasteiger partial charge in [-0.05, 0) is 26.1 Å². The van der Waals surface area contributed by atoms with Crippen LogP contribution >= 0.6 is 11.8 Å². The zero-order valence-corrected chi connectivity index (χ0v) is 11.1. The van der Waals surface area contributed by atoms with Crippen molar-refractivity contribution in [2.75, 3.05) is 33.1 Å². The molecule has 1 aliphatic rings. The third-order valence-corrected chi connectivity index (χ3v) is 5.16. The minimum absolute atomic E-state index is 0.169. The van der Waals surface area contributed by atoms with Gasteiger partial charge in [0.1, 0.15) is 0 Å². The van der Waals surface area contributed by atoms with E-state index in [2.05, 4.69) is 25.8 Å².